The highest BCUT2D eigenvalue weighted by molar-refractivity contribution is 7.18. The molecule has 2 heterocycles. The highest BCUT2D eigenvalue weighted by Gasteiger charge is 2.23. The first kappa shape index (κ1) is 21.2. The van der Waals surface area contributed by atoms with Crippen LogP contribution < -0.4 is 10.6 Å². The van der Waals surface area contributed by atoms with E-state index in [2.05, 4.69) is 10.6 Å². The molecule has 0 fully saturated rings. The van der Waals surface area contributed by atoms with Crippen LogP contribution in [0.15, 0.2) is 47.1 Å². The van der Waals surface area contributed by atoms with E-state index in [1.54, 1.807) is 19.1 Å². The van der Waals surface area contributed by atoms with E-state index in [1.165, 1.54) is 19.3 Å². The summed E-state index contributed by atoms with van der Waals surface area (Å²) in [5, 5.41) is 5.16. The number of anilines is 2. The summed E-state index contributed by atoms with van der Waals surface area (Å²) in [4.78, 5) is 36.8. The van der Waals surface area contributed by atoms with Crippen LogP contribution in [0.5, 0.6) is 0 Å². The van der Waals surface area contributed by atoms with Gasteiger partial charge in [-0.15, -0.1) is 11.3 Å². The summed E-state index contributed by atoms with van der Waals surface area (Å²) in [6, 6.07) is 7.24. The number of furan rings is 1. The second-order valence-corrected chi connectivity index (χ2v) is 7.27. The molecule has 0 saturated heterocycles. The molecule has 2 aromatic heterocycles. The zero-order valence-corrected chi connectivity index (χ0v) is 16.6. The number of hydrogen-bond donors (Lipinski definition) is 2. The molecule has 1 atom stereocenters. The number of aryl methyl sites for hydroxylation is 1. The van der Waals surface area contributed by atoms with Crippen LogP contribution in [0.25, 0.3) is 0 Å². The highest BCUT2D eigenvalue weighted by atomic mass is 32.1. The molecule has 10 heteroatoms. The molecule has 0 saturated carbocycles. The summed E-state index contributed by atoms with van der Waals surface area (Å²) in [5.41, 5.74) is 0.168. The molecule has 0 spiro atoms. The number of ether oxygens (including phenoxy) is 1. The number of nitrogens with one attached hydrogen (secondary N) is 2. The van der Waals surface area contributed by atoms with Gasteiger partial charge in [0.2, 0.25) is 0 Å². The Morgan fingerprint density at radius 3 is 2.60 bits per heavy atom. The summed E-state index contributed by atoms with van der Waals surface area (Å²) in [7, 11) is 0. The maximum Gasteiger partial charge on any atom is 0.349 e. The van der Waals surface area contributed by atoms with Crippen LogP contribution in [0.4, 0.5) is 19.5 Å². The first-order chi connectivity index (χ1) is 14.2. The van der Waals surface area contributed by atoms with Gasteiger partial charge in [-0.2, -0.15) is 0 Å². The molecule has 3 aromatic rings. The number of rotatable bonds is 6. The normalized spacial score (nSPS) is 11.6. The molecule has 2 amide bonds. The fraction of sp³-hybridized carbons (Fsp3) is 0.150. The number of thiophene rings is 1. The lowest BCUT2D eigenvalue weighted by Crippen LogP contribution is -2.30. The van der Waals surface area contributed by atoms with Gasteiger partial charge in [-0.3, -0.25) is 9.59 Å². The molecule has 2 N–H and O–H groups in total. The van der Waals surface area contributed by atoms with Crippen LogP contribution in [0.3, 0.4) is 0 Å². The number of benzene rings is 1. The van der Waals surface area contributed by atoms with Crippen LogP contribution in [0.1, 0.15) is 32.7 Å². The third-order valence-electron chi connectivity index (χ3n) is 3.92. The Morgan fingerprint density at radius 1 is 1.13 bits per heavy atom. The lowest BCUT2D eigenvalue weighted by Gasteiger charge is -2.13. The maximum atomic E-state index is 13.7. The van der Waals surface area contributed by atoms with E-state index in [9.17, 15) is 23.2 Å². The molecule has 0 bridgehead atoms. The second kappa shape index (κ2) is 8.87. The van der Waals surface area contributed by atoms with Gasteiger partial charge >= 0.3 is 5.97 Å². The van der Waals surface area contributed by atoms with Crippen molar-refractivity contribution < 1.29 is 32.3 Å². The van der Waals surface area contributed by atoms with Gasteiger partial charge in [-0.05, 0) is 49.7 Å². The fourth-order valence-electron chi connectivity index (χ4n) is 2.42. The average molecular weight is 434 g/mol. The summed E-state index contributed by atoms with van der Waals surface area (Å²) in [5.74, 6) is -3.54. The molecular weight excluding hydrogens is 418 g/mol. The summed E-state index contributed by atoms with van der Waals surface area (Å²) >= 11 is 0.966. The van der Waals surface area contributed by atoms with Crippen LogP contribution in [0, 0.1) is 18.6 Å². The number of carbonyl (C=O) groups is 3. The molecule has 7 nitrogen and oxygen atoms in total. The largest absolute Gasteiger partial charge is 0.459 e. The third kappa shape index (κ3) is 4.90. The van der Waals surface area contributed by atoms with E-state index in [4.69, 9.17) is 9.15 Å². The molecule has 1 aromatic carbocycles. The van der Waals surface area contributed by atoms with E-state index in [0.29, 0.717) is 10.6 Å². The lowest BCUT2D eigenvalue weighted by atomic mass is 10.2. The van der Waals surface area contributed by atoms with Crippen molar-refractivity contribution in [3.05, 3.63) is 70.5 Å². The number of carbonyl (C=O) groups excluding carboxylic acids is 3. The Bertz CT molecular complexity index is 1090. The fourth-order valence-corrected chi connectivity index (χ4v) is 3.37. The second-order valence-electron chi connectivity index (χ2n) is 6.22. The van der Waals surface area contributed by atoms with Gasteiger partial charge in [0.25, 0.3) is 11.8 Å². The van der Waals surface area contributed by atoms with E-state index in [1.807, 2.05) is 0 Å². The Kier molecular flexibility index (Phi) is 6.26. The molecule has 156 valence electrons. The van der Waals surface area contributed by atoms with Crippen molar-refractivity contribution in [3.8, 4) is 0 Å². The number of hydrogen-bond acceptors (Lipinski definition) is 6. The topological polar surface area (TPSA) is 97.6 Å². The maximum absolute atomic E-state index is 13.7. The van der Waals surface area contributed by atoms with Gasteiger partial charge in [0.15, 0.2) is 11.9 Å². The minimum atomic E-state index is -1.28. The third-order valence-corrected chi connectivity index (χ3v) is 5.06. The van der Waals surface area contributed by atoms with E-state index in [-0.39, 0.29) is 16.3 Å². The quantitative estimate of drug-likeness (QED) is 0.562. The first-order valence-corrected chi connectivity index (χ1v) is 9.48. The van der Waals surface area contributed by atoms with Crippen LogP contribution >= 0.6 is 11.3 Å². The molecule has 0 aliphatic rings. The van der Waals surface area contributed by atoms with Gasteiger partial charge in [-0.1, -0.05) is 0 Å². The van der Waals surface area contributed by atoms with Crippen LogP contribution in [0.2, 0.25) is 0 Å². The summed E-state index contributed by atoms with van der Waals surface area (Å²) in [6.07, 6.45) is 0.0855. The highest BCUT2D eigenvalue weighted by Crippen LogP contribution is 2.28. The van der Waals surface area contributed by atoms with Crippen LogP contribution in [-0.4, -0.2) is 23.9 Å². The molecule has 1 unspecified atom stereocenters. The van der Waals surface area contributed by atoms with E-state index < -0.39 is 35.5 Å². The summed E-state index contributed by atoms with van der Waals surface area (Å²) in [6.45, 7) is 2.94. The van der Waals surface area contributed by atoms with Gasteiger partial charge in [0, 0.05) is 6.07 Å². The smallest absolute Gasteiger partial charge is 0.349 e. The predicted molar refractivity (Wildman–Crippen MR) is 106 cm³/mol. The van der Waals surface area contributed by atoms with E-state index >= 15 is 0 Å². The van der Waals surface area contributed by atoms with Gasteiger partial charge < -0.3 is 19.8 Å². The molecule has 30 heavy (non-hydrogen) atoms. The van der Waals surface area contributed by atoms with Gasteiger partial charge in [0.05, 0.1) is 17.0 Å². The number of esters is 1. The average Bonchev–Trinajstić information content (AvgIpc) is 3.34. The molecular formula is C20H16F2N2O5S. The lowest BCUT2D eigenvalue weighted by molar-refractivity contribution is -0.123. The van der Waals surface area contributed by atoms with Crippen molar-refractivity contribution in [3.63, 3.8) is 0 Å². The number of halogens is 2. The Morgan fingerprint density at radius 2 is 1.90 bits per heavy atom. The molecule has 0 aliphatic heterocycles. The van der Waals surface area contributed by atoms with Crippen molar-refractivity contribution in [1.82, 2.24) is 0 Å². The standard InChI is InChI=1S/C20H16F2N2O5S/c1-10-8-16(24-19(26)15-4-3-7-28-15)30-17(10)20(27)29-11(2)18(25)23-14-9-12(21)5-6-13(14)22/h3-9,11H,1-2H3,(H,23,25)(H,24,26). The van der Waals surface area contributed by atoms with Crippen molar-refractivity contribution >= 4 is 39.8 Å². The molecule has 0 aliphatic carbocycles. The van der Waals surface area contributed by atoms with Crippen molar-refractivity contribution in [2.24, 2.45) is 0 Å². The Hall–Kier alpha value is -3.53. The predicted octanol–water partition coefficient (Wildman–Crippen LogP) is 4.36. The van der Waals surface area contributed by atoms with Crippen molar-refractivity contribution in [2.75, 3.05) is 10.6 Å². The SMILES string of the molecule is Cc1cc(NC(=O)c2ccco2)sc1C(=O)OC(C)C(=O)Nc1cc(F)ccc1F. The first-order valence-electron chi connectivity index (χ1n) is 8.66. The van der Waals surface area contributed by atoms with Crippen LogP contribution in [-0.2, 0) is 9.53 Å². The number of amides is 2. The Balaban J connectivity index is 1.63. The molecule has 3 rings (SSSR count). The zero-order valence-electron chi connectivity index (χ0n) is 15.8. The zero-order chi connectivity index (χ0) is 21.8. The van der Waals surface area contributed by atoms with Crippen molar-refractivity contribution in [2.45, 2.75) is 20.0 Å². The monoisotopic (exact) mass is 434 g/mol. The van der Waals surface area contributed by atoms with Gasteiger partial charge in [-0.25, -0.2) is 13.6 Å². The summed E-state index contributed by atoms with van der Waals surface area (Å²) < 4.78 is 37.0. The van der Waals surface area contributed by atoms with Crippen molar-refractivity contribution in [1.29, 1.82) is 0 Å². The minimum Gasteiger partial charge on any atom is -0.459 e. The van der Waals surface area contributed by atoms with E-state index in [0.717, 1.165) is 29.5 Å². The Labute approximate surface area is 173 Å². The van der Waals surface area contributed by atoms with Gasteiger partial charge in [0.1, 0.15) is 16.5 Å². The molecule has 0 radical (unpaired) electrons. The minimum absolute atomic E-state index is 0.111.